The minimum absolute atomic E-state index is 0.0263. The topological polar surface area (TPSA) is 130 Å². The molecule has 0 N–H and O–H groups in total. The van der Waals surface area contributed by atoms with Gasteiger partial charge in [-0.1, -0.05) is 25.1 Å². The van der Waals surface area contributed by atoms with Crippen molar-refractivity contribution in [3.05, 3.63) is 41.6 Å². The maximum absolute atomic E-state index is 13.3. The van der Waals surface area contributed by atoms with Crippen molar-refractivity contribution in [3.8, 4) is 0 Å². The van der Waals surface area contributed by atoms with Crippen LogP contribution in [0, 0.1) is 5.41 Å². The maximum Gasteiger partial charge on any atom is 0.442 e. The molecule has 1 aromatic heterocycles. The van der Waals surface area contributed by atoms with Gasteiger partial charge in [0.2, 0.25) is 11.8 Å². The molecule has 9 heteroatoms. The Morgan fingerprint density at radius 3 is 2.68 bits per heavy atom. The predicted molar refractivity (Wildman–Crippen MR) is 109 cm³/mol. The average molecular weight is 425 g/mol. The van der Waals surface area contributed by atoms with E-state index in [2.05, 4.69) is 4.79 Å². The van der Waals surface area contributed by atoms with Gasteiger partial charge in [-0.3, -0.25) is 19.3 Å². The number of likely N-dealkylation sites (tertiary alicyclic amines) is 1. The third-order valence-corrected chi connectivity index (χ3v) is 5.67. The van der Waals surface area contributed by atoms with Gasteiger partial charge >= 0.3 is 11.7 Å². The van der Waals surface area contributed by atoms with E-state index in [9.17, 15) is 24.7 Å². The summed E-state index contributed by atoms with van der Waals surface area (Å²) in [5.74, 6) is -3.22. The Morgan fingerprint density at radius 2 is 2.00 bits per heavy atom. The van der Waals surface area contributed by atoms with Gasteiger partial charge in [-0.25, -0.2) is 4.79 Å². The molecule has 0 unspecified atom stereocenters. The lowest BCUT2D eigenvalue weighted by Gasteiger charge is -2.37. The number of rotatable bonds is 7. The molecule has 2 heterocycles. The first kappa shape index (κ1) is 22.1. The highest BCUT2D eigenvalue weighted by molar-refractivity contribution is 6.64. The van der Waals surface area contributed by atoms with E-state index >= 15 is 0 Å². The fraction of sp³-hybridized carbons (Fsp3) is 0.409. The number of hydrogen-bond donors (Lipinski definition) is 0. The average Bonchev–Trinajstić information content (AvgIpc) is 3.17. The van der Waals surface area contributed by atoms with Crippen LogP contribution in [0.1, 0.15) is 38.7 Å². The number of piperidine rings is 1. The molecule has 1 aromatic carbocycles. The van der Waals surface area contributed by atoms with Gasteiger partial charge in [0.1, 0.15) is 11.0 Å². The Labute approximate surface area is 178 Å². The van der Waals surface area contributed by atoms with E-state index in [1.165, 1.54) is 6.26 Å². The first-order chi connectivity index (χ1) is 14.9. The Balaban J connectivity index is 1.87. The van der Waals surface area contributed by atoms with Gasteiger partial charge in [0.05, 0.1) is 19.3 Å². The van der Waals surface area contributed by atoms with Gasteiger partial charge in [-0.15, -0.1) is 0 Å². The molecule has 0 spiro atoms. The lowest BCUT2D eigenvalue weighted by Crippen LogP contribution is -2.57. The van der Waals surface area contributed by atoms with Crippen molar-refractivity contribution in [1.29, 1.82) is 0 Å². The summed E-state index contributed by atoms with van der Waals surface area (Å²) in [6.45, 7) is 3.29. The number of Topliss-reactive ketones (excluding diaryl/α,β-unsaturated/α-hetero) is 1. The Hall–Kier alpha value is -3.58. The number of amides is 2. The van der Waals surface area contributed by atoms with Crippen LogP contribution in [0.2, 0.25) is 0 Å². The van der Waals surface area contributed by atoms with E-state index in [0.29, 0.717) is 17.6 Å². The molecule has 2 aromatic rings. The third-order valence-electron chi connectivity index (χ3n) is 5.67. The molecule has 31 heavy (non-hydrogen) atoms. The maximum atomic E-state index is 13.3. The first-order valence-corrected chi connectivity index (χ1v) is 10.1. The summed E-state index contributed by atoms with van der Waals surface area (Å²) in [6, 6.07) is 7.24. The molecule has 3 rings (SSSR count). The fourth-order valence-corrected chi connectivity index (χ4v) is 3.98. The van der Waals surface area contributed by atoms with Crippen molar-refractivity contribution in [3.63, 3.8) is 0 Å². The van der Waals surface area contributed by atoms with E-state index in [0.717, 1.165) is 10.3 Å². The number of nitrogens with zero attached hydrogens (tertiary/aromatic N) is 3. The summed E-state index contributed by atoms with van der Waals surface area (Å²) in [7, 11) is 0. The Bertz CT molecular complexity index is 1100. The number of carbonyl (C=O) groups is 4. The number of furan rings is 1. The number of hydrogen-bond acceptors (Lipinski definition) is 6. The monoisotopic (exact) mass is 425 g/mol. The summed E-state index contributed by atoms with van der Waals surface area (Å²) in [5, 5.41) is 0.773. The number of carbonyl (C=O) groups excluding carboxylic acids is 4. The van der Waals surface area contributed by atoms with Crippen molar-refractivity contribution in [2.75, 3.05) is 13.2 Å². The molecule has 0 radical (unpaired) electrons. The van der Waals surface area contributed by atoms with Crippen LogP contribution in [0.5, 0.6) is 0 Å². The zero-order valence-corrected chi connectivity index (χ0v) is 17.4. The van der Waals surface area contributed by atoms with Crippen LogP contribution in [0.25, 0.3) is 16.5 Å². The number of fused-ring (bicyclic) bond motifs is 1. The zero-order valence-electron chi connectivity index (χ0n) is 17.4. The highest BCUT2D eigenvalue weighted by Crippen LogP contribution is 2.36. The highest BCUT2D eigenvalue weighted by Gasteiger charge is 2.55. The number of benzene rings is 1. The standard InChI is InChI=1S/C22H23N3O6/c1-3-22(19(27)18(24-23)20(28)30-4-2)10-7-11-25(21(22)29)17(26)12-14-13-31-16-9-6-5-8-15(14)16/h5-6,8-9,13H,3-4,7,10-12H2,1-2H3/t22-/m1/s1. The van der Waals surface area contributed by atoms with Crippen LogP contribution < -0.4 is 0 Å². The molecule has 1 atom stereocenters. The van der Waals surface area contributed by atoms with Crippen molar-refractivity contribution in [2.45, 2.75) is 39.5 Å². The van der Waals surface area contributed by atoms with Gasteiger partial charge in [0.25, 0.3) is 5.78 Å². The molecule has 1 fully saturated rings. The summed E-state index contributed by atoms with van der Waals surface area (Å²) in [5.41, 5.74) is 7.99. The number of para-hydroxylation sites is 1. The highest BCUT2D eigenvalue weighted by atomic mass is 16.5. The molecule has 162 valence electrons. The predicted octanol–water partition coefficient (Wildman–Crippen LogP) is 2.32. The normalized spacial score (nSPS) is 18.5. The summed E-state index contributed by atoms with van der Waals surface area (Å²) in [4.78, 5) is 55.3. The number of ketones is 1. The molecule has 0 saturated carbocycles. The minimum Gasteiger partial charge on any atom is -0.464 e. The number of ether oxygens (including phenoxy) is 1. The lowest BCUT2D eigenvalue weighted by atomic mass is 9.71. The van der Waals surface area contributed by atoms with Crippen molar-refractivity contribution in [2.24, 2.45) is 5.41 Å². The smallest absolute Gasteiger partial charge is 0.442 e. The molecule has 9 nitrogen and oxygen atoms in total. The fourth-order valence-electron chi connectivity index (χ4n) is 3.98. The second kappa shape index (κ2) is 9.06. The Kier molecular flexibility index (Phi) is 6.46. The molecular weight excluding hydrogens is 402 g/mol. The second-order valence-electron chi connectivity index (χ2n) is 7.32. The van der Waals surface area contributed by atoms with Crippen LogP contribution in [-0.2, 0) is 30.3 Å². The van der Waals surface area contributed by atoms with Crippen molar-refractivity contribution < 1.29 is 33.1 Å². The quantitative estimate of drug-likeness (QED) is 0.220. The molecule has 1 aliphatic heterocycles. The van der Waals surface area contributed by atoms with Gasteiger partial charge in [0, 0.05) is 17.5 Å². The van der Waals surface area contributed by atoms with Gasteiger partial charge < -0.3 is 14.7 Å². The Morgan fingerprint density at radius 1 is 1.26 bits per heavy atom. The van der Waals surface area contributed by atoms with E-state index in [1.807, 2.05) is 18.2 Å². The molecular formula is C22H23N3O6. The largest absolute Gasteiger partial charge is 0.464 e. The van der Waals surface area contributed by atoms with Gasteiger partial charge in [-0.05, 0) is 32.3 Å². The van der Waals surface area contributed by atoms with E-state index in [-0.39, 0.29) is 32.4 Å². The third kappa shape index (κ3) is 3.92. The SMILES string of the molecule is CCOC(=O)C(=[N+]=[N-])C(=O)[C@@]1(CC)CCCN(C(=O)Cc2coc3ccccc23)C1=O. The summed E-state index contributed by atoms with van der Waals surface area (Å²) < 4.78 is 10.2. The van der Waals surface area contributed by atoms with Crippen LogP contribution in [0.15, 0.2) is 34.9 Å². The van der Waals surface area contributed by atoms with E-state index < -0.39 is 34.7 Å². The molecule has 2 amide bonds. The van der Waals surface area contributed by atoms with Crippen molar-refractivity contribution in [1.82, 2.24) is 4.90 Å². The lowest BCUT2D eigenvalue weighted by molar-refractivity contribution is -0.159. The summed E-state index contributed by atoms with van der Waals surface area (Å²) in [6.07, 6.45) is 1.96. The molecule has 0 aliphatic carbocycles. The molecule has 1 saturated heterocycles. The van der Waals surface area contributed by atoms with Gasteiger partial charge in [-0.2, -0.15) is 4.79 Å². The van der Waals surface area contributed by atoms with Crippen LogP contribution in [0.3, 0.4) is 0 Å². The number of imide groups is 1. The minimum atomic E-state index is -1.67. The zero-order chi connectivity index (χ0) is 22.6. The first-order valence-electron chi connectivity index (χ1n) is 10.1. The van der Waals surface area contributed by atoms with Crippen LogP contribution in [-0.4, -0.2) is 52.1 Å². The van der Waals surface area contributed by atoms with Gasteiger partial charge in [0.15, 0.2) is 0 Å². The molecule has 0 bridgehead atoms. The van der Waals surface area contributed by atoms with Crippen molar-refractivity contribution >= 4 is 40.2 Å². The van der Waals surface area contributed by atoms with Crippen LogP contribution >= 0.6 is 0 Å². The van der Waals surface area contributed by atoms with E-state index in [4.69, 9.17) is 9.15 Å². The molecule has 1 aliphatic rings. The van der Waals surface area contributed by atoms with E-state index in [1.54, 1.807) is 19.9 Å². The number of esters is 1. The van der Waals surface area contributed by atoms with Crippen LogP contribution in [0.4, 0.5) is 0 Å². The summed E-state index contributed by atoms with van der Waals surface area (Å²) >= 11 is 0. The second-order valence-corrected chi connectivity index (χ2v) is 7.32.